The maximum absolute atomic E-state index is 13.5. The minimum Gasteiger partial charge on any atom is -0.483 e. The summed E-state index contributed by atoms with van der Waals surface area (Å²) < 4.78 is 19.9. The van der Waals surface area contributed by atoms with Gasteiger partial charge in [-0.2, -0.15) is 0 Å². The number of nitrogens with one attached hydrogen (secondary N) is 1. The van der Waals surface area contributed by atoms with Gasteiger partial charge in [-0.05, 0) is 63.8 Å². The molecule has 3 aromatic rings. The van der Waals surface area contributed by atoms with Crippen molar-refractivity contribution in [3.05, 3.63) is 99.2 Å². The molecule has 0 saturated carbocycles. The van der Waals surface area contributed by atoms with E-state index in [9.17, 15) is 14.0 Å². The third-order valence-corrected chi connectivity index (χ3v) is 6.19. The maximum Gasteiger partial charge on any atom is 0.261 e. The molecule has 3 aromatic carbocycles. The molecule has 3 rings (SSSR count). The van der Waals surface area contributed by atoms with Crippen LogP contribution in [0.5, 0.6) is 5.75 Å². The fraction of sp³-hybridized carbons (Fsp3) is 0.259. The SMILES string of the molecule is CCCNC(=O)C(Cc1ccccc1)N(Cc1ccc(F)cc1)C(=O)COc1ccc(Cl)cc1Br. The summed E-state index contributed by atoms with van der Waals surface area (Å²) >= 11 is 9.38. The highest BCUT2D eigenvalue weighted by Gasteiger charge is 2.30. The molecule has 5 nitrogen and oxygen atoms in total. The number of amides is 2. The Morgan fingerprint density at radius 1 is 1.06 bits per heavy atom. The summed E-state index contributed by atoms with van der Waals surface area (Å²) in [5, 5.41) is 3.45. The van der Waals surface area contributed by atoms with Gasteiger partial charge >= 0.3 is 0 Å². The zero-order valence-corrected chi connectivity index (χ0v) is 21.7. The van der Waals surface area contributed by atoms with E-state index in [4.69, 9.17) is 16.3 Å². The first-order chi connectivity index (χ1) is 16.9. The van der Waals surface area contributed by atoms with Crippen LogP contribution in [0.3, 0.4) is 0 Å². The Labute approximate surface area is 218 Å². The quantitative estimate of drug-likeness (QED) is 0.323. The van der Waals surface area contributed by atoms with Crippen LogP contribution in [0, 0.1) is 5.82 Å². The van der Waals surface area contributed by atoms with Crippen LogP contribution in [0.25, 0.3) is 0 Å². The minimum absolute atomic E-state index is 0.126. The number of halogens is 3. The van der Waals surface area contributed by atoms with Crippen molar-refractivity contribution in [3.63, 3.8) is 0 Å². The van der Waals surface area contributed by atoms with Gasteiger partial charge in [0.25, 0.3) is 5.91 Å². The molecule has 1 unspecified atom stereocenters. The van der Waals surface area contributed by atoms with Crippen LogP contribution >= 0.6 is 27.5 Å². The number of hydrogen-bond donors (Lipinski definition) is 1. The lowest BCUT2D eigenvalue weighted by Crippen LogP contribution is -2.51. The standard InChI is InChI=1S/C27H27BrClFN2O3/c1-2-14-31-27(34)24(15-19-6-4-3-5-7-19)32(17-20-8-11-22(30)12-9-20)26(33)18-35-25-13-10-21(29)16-23(25)28/h3-13,16,24H,2,14-15,17-18H2,1H3,(H,31,34). The Balaban J connectivity index is 1.89. The van der Waals surface area contributed by atoms with Crippen LogP contribution in [0.2, 0.25) is 5.02 Å². The Bertz CT molecular complexity index is 1130. The van der Waals surface area contributed by atoms with E-state index in [1.54, 1.807) is 30.3 Å². The molecule has 0 radical (unpaired) electrons. The second-order valence-corrected chi connectivity index (χ2v) is 9.30. The molecule has 184 valence electrons. The smallest absolute Gasteiger partial charge is 0.261 e. The van der Waals surface area contributed by atoms with E-state index in [2.05, 4.69) is 21.2 Å². The van der Waals surface area contributed by atoms with Crippen molar-refractivity contribution in [1.29, 1.82) is 0 Å². The van der Waals surface area contributed by atoms with E-state index < -0.39 is 6.04 Å². The van der Waals surface area contributed by atoms with Crippen molar-refractivity contribution < 1.29 is 18.7 Å². The second-order valence-electron chi connectivity index (χ2n) is 8.01. The molecule has 2 amide bonds. The van der Waals surface area contributed by atoms with Gasteiger partial charge in [0.05, 0.1) is 4.47 Å². The number of carbonyl (C=O) groups excluding carboxylic acids is 2. The Kier molecular flexibility index (Phi) is 10.1. The summed E-state index contributed by atoms with van der Waals surface area (Å²) in [6.45, 7) is 2.30. The van der Waals surface area contributed by atoms with Gasteiger partial charge in [0, 0.05) is 24.5 Å². The lowest BCUT2D eigenvalue weighted by atomic mass is 10.0. The van der Waals surface area contributed by atoms with Gasteiger partial charge in [-0.3, -0.25) is 9.59 Å². The molecule has 0 aliphatic rings. The second kappa shape index (κ2) is 13.3. The summed E-state index contributed by atoms with van der Waals surface area (Å²) in [7, 11) is 0. The normalized spacial score (nSPS) is 11.5. The molecule has 0 spiro atoms. The van der Waals surface area contributed by atoms with Crippen LogP contribution < -0.4 is 10.1 Å². The fourth-order valence-electron chi connectivity index (χ4n) is 3.52. The van der Waals surface area contributed by atoms with Gasteiger partial charge in [-0.25, -0.2) is 4.39 Å². The molecule has 1 N–H and O–H groups in total. The first-order valence-electron chi connectivity index (χ1n) is 11.3. The Morgan fingerprint density at radius 2 is 1.77 bits per heavy atom. The van der Waals surface area contributed by atoms with Crippen molar-refractivity contribution in [2.75, 3.05) is 13.2 Å². The first kappa shape index (κ1) is 26.7. The van der Waals surface area contributed by atoms with Crippen LogP contribution in [0.4, 0.5) is 4.39 Å². The molecule has 0 aliphatic heterocycles. The fourth-order valence-corrected chi connectivity index (χ4v) is 4.32. The number of nitrogens with zero attached hydrogens (tertiary/aromatic N) is 1. The van der Waals surface area contributed by atoms with E-state index in [0.717, 1.165) is 12.0 Å². The summed E-state index contributed by atoms with van der Waals surface area (Å²) in [4.78, 5) is 28.2. The predicted molar refractivity (Wildman–Crippen MR) is 139 cm³/mol. The van der Waals surface area contributed by atoms with Crippen molar-refractivity contribution >= 4 is 39.3 Å². The Hall–Kier alpha value is -2.90. The number of rotatable bonds is 11. The minimum atomic E-state index is -0.779. The van der Waals surface area contributed by atoms with E-state index in [1.165, 1.54) is 17.0 Å². The van der Waals surface area contributed by atoms with Crippen molar-refractivity contribution in [2.24, 2.45) is 0 Å². The third-order valence-electron chi connectivity index (χ3n) is 5.33. The molecule has 0 fully saturated rings. The van der Waals surface area contributed by atoms with Gasteiger partial charge in [0.1, 0.15) is 17.6 Å². The molecule has 1 atom stereocenters. The molecule has 0 aliphatic carbocycles. The number of benzene rings is 3. The number of hydrogen-bond acceptors (Lipinski definition) is 3. The average Bonchev–Trinajstić information content (AvgIpc) is 2.85. The first-order valence-corrected chi connectivity index (χ1v) is 12.5. The average molecular weight is 562 g/mol. The molecule has 8 heteroatoms. The summed E-state index contributed by atoms with van der Waals surface area (Å²) in [5.74, 6) is -0.536. The van der Waals surface area contributed by atoms with E-state index in [0.29, 0.717) is 33.8 Å². The monoisotopic (exact) mass is 560 g/mol. The number of ether oxygens (including phenoxy) is 1. The number of carbonyl (C=O) groups is 2. The van der Waals surface area contributed by atoms with Gasteiger partial charge in [0.15, 0.2) is 6.61 Å². The zero-order valence-electron chi connectivity index (χ0n) is 19.3. The van der Waals surface area contributed by atoms with Crippen LogP contribution in [-0.4, -0.2) is 35.9 Å². The summed E-state index contributed by atoms with van der Waals surface area (Å²) in [6.07, 6.45) is 1.09. The highest BCUT2D eigenvalue weighted by Crippen LogP contribution is 2.28. The largest absolute Gasteiger partial charge is 0.483 e. The molecular formula is C27H27BrClFN2O3. The van der Waals surface area contributed by atoms with E-state index >= 15 is 0 Å². The van der Waals surface area contributed by atoms with Crippen LogP contribution in [0.1, 0.15) is 24.5 Å². The van der Waals surface area contributed by atoms with Crippen molar-refractivity contribution in [3.8, 4) is 5.75 Å². The van der Waals surface area contributed by atoms with Gasteiger partial charge < -0.3 is 15.0 Å². The highest BCUT2D eigenvalue weighted by molar-refractivity contribution is 9.10. The molecule has 0 bridgehead atoms. The lowest BCUT2D eigenvalue weighted by Gasteiger charge is -2.31. The third kappa shape index (κ3) is 8.08. The molecule has 35 heavy (non-hydrogen) atoms. The van der Waals surface area contributed by atoms with Gasteiger partial charge in [0.2, 0.25) is 5.91 Å². The maximum atomic E-state index is 13.5. The predicted octanol–water partition coefficient (Wildman–Crippen LogP) is 5.79. The lowest BCUT2D eigenvalue weighted by molar-refractivity contribution is -0.142. The molecule has 0 heterocycles. The Morgan fingerprint density at radius 3 is 2.43 bits per heavy atom. The van der Waals surface area contributed by atoms with Gasteiger partial charge in [-0.15, -0.1) is 0 Å². The van der Waals surface area contributed by atoms with Gasteiger partial charge in [-0.1, -0.05) is 61.0 Å². The zero-order chi connectivity index (χ0) is 25.2. The van der Waals surface area contributed by atoms with Crippen molar-refractivity contribution in [2.45, 2.75) is 32.4 Å². The molecular weight excluding hydrogens is 535 g/mol. The highest BCUT2D eigenvalue weighted by atomic mass is 79.9. The van der Waals surface area contributed by atoms with E-state index in [1.807, 2.05) is 37.3 Å². The summed E-state index contributed by atoms with van der Waals surface area (Å²) in [6, 6.07) is 19.6. The van der Waals surface area contributed by atoms with Crippen LogP contribution in [0.15, 0.2) is 77.3 Å². The molecule has 0 aromatic heterocycles. The van der Waals surface area contributed by atoms with Crippen molar-refractivity contribution in [1.82, 2.24) is 10.2 Å². The summed E-state index contributed by atoms with van der Waals surface area (Å²) in [5.41, 5.74) is 1.62. The van der Waals surface area contributed by atoms with Crippen LogP contribution in [-0.2, 0) is 22.6 Å². The topological polar surface area (TPSA) is 58.6 Å². The van der Waals surface area contributed by atoms with E-state index in [-0.39, 0.29) is 30.8 Å². The molecule has 0 saturated heterocycles.